The Balaban J connectivity index is 1.89. The second-order valence-corrected chi connectivity index (χ2v) is 8.45. The lowest BCUT2D eigenvalue weighted by atomic mass is 10.1. The van der Waals surface area contributed by atoms with Crippen LogP contribution < -0.4 is 15.4 Å². The van der Waals surface area contributed by atoms with Crippen LogP contribution in [-0.2, 0) is 14.3 Å². The van der Waals surface area contributed by atoms with E-state index in [0.717, 1.165) is 16.7 Å². The number of aryl methyl sites for hydroxylation is 3. The maximum absolute atomic E-state index is 12.6. The van der Waals surface area contributed by atoms with Crippen LogP contribution in [0.1, 0.15) is 40.9 Å². The van der Waals surface area contributed by atoms with Gasteiger partial charge in [0.2, 0.25) is 5.91 Å². The number of thiophene rings is 1. The van der Waals surface area contributed by atoms with E-state index in [4.69, 9.17) is 9.47 Å². The van der Waals surface area contributed by atoms with Crippen molar-refractivity contribution in [2.24, 2.45) is 0 Å². The van der Waals surface area contributed by atoms with Crippen molar-refractivity contribution in [3.63, 3.8) is 0 Å². The molecule has 0 aliphatic carbocycles. The zero-order chi connectivity index (χ0) is 23.4. The van der Waals surface area contributed by atoms with Crippen LogP contribution in [0.2, 0.25) is 0 Å². The maximum Gasteiger partial charge on any atom is 0.341 e. The summed E-state index contributed by atoms with van der Waals surface area (Å²) in [4.78, 5) is 36.7. The third-order valence-corrected chi connectivity index (χ3v) is 6.04. The van der Waals surface area contributed by atoms with Gasteiger partial charge in [0.25, 0.3) is 5.91 Å². The molecule has 2 aromatic carbocycles. The topological polar surface area (TPSA) is 93.7 Å². The first-order valence-corrected chi connectivity index (χ1v) is 11.0. The average molecular weight is 455 g/mol. The molecule has 3 rings (SSSR count). The number of ether oxygens (including phenoxy) is 2. The van der Waals surface area contributed by atoms with Crippen molar-refractivity contribution < 1.29 is 23.9 Å². The summed E-state index contributed by atoms with van der Waals surface area (Å²) in [6.45, 7) is 8.96. The van der Waals surface area contributed by atoms with Gasteiger partial charge in [-0.05, 0) is 56.5 Å². The van der Waals surface area contributed by atoms with Crippen molar-refractivity contribution in [2.75, 3.05) is 23.8 Å². The number of carbonyl (C=O) groups is 3. The summed E-state index contributed by atoms with van der Waals surface area (Å²) in [5.41, 5.74) is 4.02. The fraction of sp³-hybridized carbons (Fsp3) is 0.292. The highest BCUT2D eigenvalue weighted by atomic mass is 32.1. The molecule has 0 saturated heterocycles. The molecule has 0 fully saturated rings. The number of nitrogens with one attached hydrogen (secondary N) is 2. The number of benzene rings is 2. The van der Waals surface area contributed by atoms with E-state index in [1.54, 1.807) is 13.0 Å². The van der Waals surface area contributed by atoms with E-state index in [2.05, 4.69) is 10.6 Å². The van der Waals surface area contributed by atoms with Crippen molar-refractivity contribution in [1.82, 2.24) is 0 Å². The molecule has 3 aromatic rings. The predicted molar refractivity (Wildman–Crippen MR) is 127 cm³/mol. The van der Waals surface area contributed by atoms with Crippen LogP contribution in [0.5, 0.6) is 5.75 Å². The Labute approximate surface area is 190 Å². The predicted octanol–water partition coefficient (Wildman–Crippen LogP) is 4.98. The standard InChI is InChI=1S/C24H26N2O5S/c1-6-30-24(29)20-18-10-8-14(3)21(22(18)32-23(20)25-16(5)27)31-12-19(28)26-17-9-7-13(2)15(4)11-17/h7-11H,6,12H2,1-5H3,(H,25,27)(H,26,28). The van der Waals surface area contributed by atoms with E-state index in [0.29, 0.717) is 26.5 Å². The van der Waals surface area contributed by atoms with E-state index in [1.165, 1.54) is 18.3 Å². The molecule has 2 N–H and O–H groups in total. The smallest absolute Gasteiger partial charge is 0.341 e. The third-order valence-electron chi connectivity index (χ3n) is 4.92. The van der Waals surface area contributed by atoms with Crippen molar-refractivity contribution in [3.8, 4) is 5.75 Å². The molecular formula is C24H26N2O5S. The molecule has 0 aliphatic rings. The SMILES string of the molecule is CCOC(=O)c1c(NC(C)=O)sc2c(OCC(=O)Nc3ccc(C)c(C)c3)c(C)ccc12. The molecule has 1 heterocycles. The Morgan fingerprint density at radius 2 is 1.69 bits per heavy atom. The van der Waals surface area contributed by atoms with Crippen molar-refractivity contribution >= 4 is 49.9 Å². The molecule has 0 saturated carbocycles. The number of esters is 1. The van der Waals surface area contributed by atoms with Gasteiger partial charge in [-0.2, -0.15) is 0 Å². The van der Waals surface area contributed by atoms with Gasteiger partial charge in [-0.1, -0.05) is 18.2 Å². The minimum Gasteiger partial charge on any atom is -0.482 e. The second-order valence-electron chi connectivity index (χ2n) is 7.43. The van der Waals surface area contributed by atoms with E-state index in [1.807, 2.05) is 45.0 Å². The van der Waals surface area contributed by atoms with Gasteiger partial charge in [0.1, 0.15) is 16.3 Å². The Kier molecular flexibility index (Phi) is 7.15. The number of rotatable bonds is 7. The van der Waals surface area contributed by atoms with Gasteiger partial charge in [-0.15, -0.1) is 11.3 Å². The summed E-state index contributed by atoms with van der Waals surface area (Å²) in [5, 5.41) is 6.53. The van der Waals surface area contributed by atoms with E-state index in [-0.39, 0.29) is 30.6 Å². The lowest BCUT2D eigenvalue weighted by Crippen LogP contribution is -2.20. The number of hydrogen-bond donors (Lipinski definition) is 2. The Hall–Kier alpha value is -3.39. The van der Waals surface area contributed by atoms with Crippen LogP contribution in [0.4, 0.5) is 10.7 Å². The Morgan fingerprint density at radius 3 is 2.34 bits per heavy atom. The second kappa shape index (κ2) is 9.82. The molecule has 2 amide bonds. The summed E-state index contributed by atoms with van der Waals surface area (Å²) >= 11 is 1.22. The third kappa shape index (κ3) is 5.08. The minimum atomic E-state index is -0.523. The molecule has 8 heteroatoms. The normalized spacial score (nSPS) is 10.7. The first-order chi connectivity index (χ1) is 15.2. The minimum absolute atomic E-state index is 0.199. The molecule has 0 atom stereocenters. The number of fused-ring (bicyclic) bond motifs is 1. The first kappa shape index (κ1) is 23.3. The summed E-state index contributed by atoms with van der Waals surface area (Å²) in [7, 11) is 0. The van der Waals surface area contributed by atoms with Gasteiger partial charge in [-0.3, -0.25) is 9.59 Å². The Morgan fingerprint density at radius 1 is 0.969 bits per heavy atom. The van der Waals surface area contributed by atoms with Crippen molar-refractivity contribution in [3.05, 3.63) is 52.6 Å². The lowest BCUT2D eigenvalue weighted by molar-refractivity contribution is -0.118. The molecule has 168 valence electrons. The monoisotopic (exact) mass is 454 g/mol. The fourth-order valence-electron chi connectivity index (χ4n) is 3.22. The quantitative estimate of drug-likeness (QED) is 0.491. The van der Waals surface area contributed by atoms with Crippen LogP contribution in [0.25, 0.3) is 10.1 Å². The molecule has 0 bridgehead atoms. The highest BCUT2D eigenvalue weighted by Gasteiger charge is 2.24. The van der Waals surface area contributed by atoms with Gasteiger partial charge >= 0.3 is 5.97 Å². The lowest BCUT2D eigenvalue weighted by Gasteiger charge is -2.11. The number of amides is 2. The molecule has 32 heavy (non-hydrogen) atoms. The van der Waals surface area contributed by atoms with Crippen molar-refractivity contribution in [1.29, 1.82) is 0 Å². The van der Waals surface area contributed by atoms with Gasteiger partial charge in [0.15, 0.2) is 6.61 Å². The van der Waals surface area contributed by atoms with Crippen LogP contribution in [0.15, 0.2) is 30.3 Å². The molecule has 1 aromatic heterocycles. The highest BCUT2D eigenvalue weighted by molar-refractivity contribution is 7.24. The maximum atomic E-state index is 12.6. The van der Waals surface area contributed by atoms with Gasteiger partial charge in [0, 0.05) is 18.0 Å². The van der Waals surface area contributed by atoms with Crippen LogP contribution >= 0.6 is 11.3 Å². The van der Waals surface area contributed by atoms with Crippen LogP contribution in [0.3, 0.4) is 0 Å². The highest BCUT2D eigenvalue weighted by Crippen LogP contribution is 2.42. The van der Waals surface area contributed by atoms with Crippen LogP contribution in [-0.4, -0.2) is 31.0 Å². The van der Waals surface area contributed by atoms with E-state index in [9.17, 15) is 14.4 Å². The van der Waals surface area contributed by atoms with E-state index < -0.39 is 5.97 Å². The molecule has 0 spiro atoms. The summed E-state index contributed by atoms with van der Waals surface area (Å²) in [6.07, 6.45) is 0. The van der Waals surface area contributed by atoms with Gasteiger partial charge in [-0.25, -0.2) is 4.79 Å². The fourth-order valence-corrected chi connectivity index (χ4v) is 4.51. The Bertz CT molecular complexity index is 1200. The van der Waals surface area contributed by atoms with Gasteiger partial charge < -0.3 is 20.1 Å². The van der Waals surface area contributed by atoms with Crippen LogP contribution in [0, 0.1) is 20.8 Å². The summed E-state index contributed by atoms with van der Waals surface area (Å²) in [6, 6.07) is 9.30. The molecule has 0 aliphatic heterocycles. The largest absolute Gasteiger partial charge is 0.482 e. The number of hydrogen-bond acceptors (Lipinski definition) is 6. The zero-order valence-corrected chi connectivity index (χ0v) is 19.6. The van der Waals surface area contributed by atoms with Crippen molar-refractivity contribution in [2.45, 2.75) is 34.6 Å². The summed E-state index contributed by atoms with van der Waals surface area (Å²) in [5.74, 6) is -0.627. The first-order valence-electron chi connectivity index (χ1n) is 10.2. The average Bonchev–Trinajstić information content (AvgIpc) is 3.07. The van der Waals surface area contributed by atoms with Gasteiger partial charge in [0.05, 0.1) is 11.3 Å². The van der Waals surface area contributed by atoms with E-state index >= 15 is 0 Å². The molecule has 0 unspecified atom stereocenters. The molecular weight excluding hydrogens is 428 g/mol. The molecule has 0 radical (unpaired) electrons. The number of carbonyl (C=O) groups excluding carboxylic acids is 3. The summed E-state index contributed by atoms with van der Waals surface area (Å²) < 4.78 is 11.7. The number of anilines is 2. The zero-order valence-electron chi connectivity index (χ0n) is 18.8. The molecule has 7 nitrogen and oxygen atoms in total.